The summed E-state index contributed by atoms with van der Waals surface area (Å²) >= 11 is 0. The van der Waals surface area contributed by atoms with Gasteiger partial charge in [0.15, 0.2) is 0 Å². The summed E-state index contributed by atoms with van der Waals surface area (Å²) < 4.78 is 29.5. The van der Waals surface area contributed by atoms with E-state index >= 15 is 0 Å². The van der Waals surface area contributed by atoms with Crippen LogP contribution < -0.4 is 21.7 Å². The fraction of sp³-hybridized carbons (Fsp3) is 0.839. The minimum Gasteiger partial charge on any atom is -0.447 e. The van der Waals surface area contributed by atoms with E-state index in [-0.39, 0.29) is 48.7 Å². The van der Waals surface area contributed by atoms with Crippen LogP contribution in [-0.2, 0) is 28.5 Å². The van der Waals surface area contributed by atoms with Crippen molar-refractivity contribution in [3.05, 3.63) is 11.6 Å². The molecular formula is C31H54N4O8. The van der Waals surface area contributed by atoms with Gasteiger partial charge in [0, 0.05) is 20.2 Å². The third-order valence-corrected chi connectivity index (χ3v) is 8.88. The molecule has 0 bridgehead atoms. The molecule has 3 amide bonds. The van der Waals surface area contributed by atoms with Crippen molar-refractivity contribution in [3.8, 4) is 0 Å². The van der Waals surface area contributed by atoms with Gasteiger partial charge in [0.25, 0.3) is 0 Å². The third kappa shape index (κ3) is 10.1. The van der Waals surface area contributed by atoms with Crippen molar-refractivity contribution in [2.75, 3.05) is 40.0 Å². The molecule has 43 heavy (non-hydrogen) atoms. The van der Waals surface area contributed by atoms with Gasteiger partial charge in [-0.25, -0.2) is 9.59 Å². The van der Waals surface area contributed by atoms with Crippen molar-refractivity contribution in [3.63, 3.8) is 0 Å². The fourth-order valence-corrected chi connectivity index (χ4v) is 6.10. The molecule has 3 aliphatic rings. The van der Waals surface area contributed by atoms with Crippen molar-refractivity contribution in [1.82, 2.24) is 16.0 Å². The highest BCUT2D eigenvalue weighted by Gasteiger charge is 2.72. The summed E-state index contributed by atoms with van der Waals surface area (Å²) in [5, 5.41) is 8.37. The number of unbranched alkanes of at least 4 members (excludes halogenated alkanes) is 3. The lowest BCUT2D eigenvalue weighted by Crippen LogP contribution is -2.56. The van der Waals surface area contributed by atoms with Crippen molar-refractivity contribution < 1.29 is 38.1 Å². The highest BCUT2D eigenvalue weighted by Crippen LogP contribution is 2.59. The first kappa shape index (κ1) is 35.1. The molecule has 12 heteroatoms. The second kappa shape index (κ2) is 16.1. The zero-order valence-corrected chi connectivity index (χ0v) is 26.9. The van der Waals surface area contributed by atoms with E-state index in [9.17, 15) is 14.4 Å². The second-order valence-electron chi connectivity index (χ2n) is 12.8. The predicted molar refractivity (Wildman–Crippen MR) is 161 cm³/mol. The molecule has 0 aromatic rings. The molecule has 3 fully saturated rings. The first-order valence-corrected chi connectivity index (χ1v) is 15.8. The van der Waals surface area contributed by atoms with E-state index in [1.165, 1.54) is 5.57 Å². The van der Waals surface area contributed by atoms with Gasteiger partial charge in [-0.15, -0.1) is 0 Å². The monoisotopic (exact) mass is 610 g/mol. The maximum Gasteiger partial charge on any atom is 0.407 e. The molecule has 2 aliphatic heterocycles. The molecule has 0 aromatic carbocycles. The summed E-state index contributed by atoms with van der Waals surface area (Å²) in [6, 6.07) is -0.418. The van der Waals surface area contributed by atoms with Crippen LogP contribution in [0.15, 0.2) is 11.6 Å². The first-order valence-electron chi connectivity index (χ1n) is 15.8. The van der Waals surface area contributed by atoms with E-state index in [1.807, 2.05) is 13.8 Å². The Balaban J connectivity index is 1.42. The van der Waals surface area contributed by atoms with E-state index in [4.69, 9.17) is 29.4 Å². The van der Waals surface area contributed by atoms with Crippen molar-refractivity contribution >= 4 is 18.1 Å². The molecule has 2 heterocycles. The number of carbonyl (C=O) groups is 3. The van der Waals surface area contributed by atoms with Gasteiger partial charge in [0.2, 0.25) is 5.91 Å². The minimum atomic E-state index is -0.563. The van der Waals surface area contributed by atoms with Crippen LogP contribution in [0.3, 0.4) is 0 Å². The molecule has 7 atom stereocenters. The van der Waals surface area contributed by atoms with E-state index in [1.54, 1.807) is 7.11 Å². The van der Waals surface area contributed by atoms with Gasteiger partial charge in [0.05, 0.1) is 31.2 Å². The molecular weight excluding hydrogens is 556 g/mol. The standard InChI is InChI=1S/C31H54N4O8/c1-20(2)11-12-24-30(5,43-24)27-26(39-6)23(13-14-31(27)19-41-31)42-29(38)35-22(21(3)4)18-40-28(37)34-16-10-8-7-9-15-33-25(36)17-32/h11,21-24,26-27H,7-10,12-19,32H2,1-6H3,(H,33,36)(H,34,37)(H,35,38)/t22-,23?,24?,26?,27?,30+,31?/m0/s1. The lowest BCUT2D eigenvalue weighted by Gasteiger charge is -2.42. The summed E-state index contributed by atoms with van der Waals surface area (Å²) in [7, 11) is 1.65. The van der Waals surface area contributed by atoms with Gasteiger partial charge in [-0.3, -0.25) is 4.79 Å². The van der Waals surface area contributed by atoms with Gasteiger partial charge in [-0.05, 0) is 58.8 Å². The van der Waals surface area contributed by atoms with Gasteiger partial charge >= 0.3 is 12.2 Å². The minimum absolute atomic E-state index is 0.000886. The number of ether oxygens (including phenoxy) is 5. The largest absolute Gasteiger partial charge is 0.447 e. The van der Waals surface area contributed by atoms with Crippen molar-refractivity contribution in [2.24, 2.45) is 17.6 Å². The van der Waals surface area contributed by atoms with Crippen LogP contribution in [-0.4, -0.2) is 93.6 Å². The first-order chi connectivity index (χ1) is 20.5. The number of methoxy groups -OCH3 is 1. The van der Waals surface area contributed by atoms with Crippen LogP contribution in [0.2, 0.25) is 0 Å². The van der Waals surface area contributed by atoms with E-state index in [0.717, 1.165) is 38.5 Å². The average Bonchev–Trinajstić information content (AvgIpc) is 3.88. The lowest BCUT2D eigenvalue weighted by molar-refractivity contribution is -0.119. The summed E-state index contributed by atoms with van der Waals surface area (Å²) in [6.07, 6.45) is 6.09. The van der Waals surface area contributed by atoms with Gasteiger partial charge in [-0.2, -0.15) is 0 Å². The fourth-order valence-electron chi connectivity index (χ4n) is 6.10. The van der Waals surface area contributed by atoms with Crippen LogP contribution in [0, 0.1) is 11.8 Å². The van der Waals surface area contributed by atoms with E-state index < -0.39 is 29.9 Å². The third-order valence-electron chi connectivity index (χ3n) is 8.88. The molecule has 5 N–H and O–H groups in total. The molecule has 1 spiro atoms. The van der Waals surface area contributed by atoms with Gasteiger partial charge in [-0.1, -0.05) is 38.3 Å². The predicted octanol–water partition coefficient (Wildman–Crippen LogP) is 3.18. The van der Waals surface area contributed by atoms with Crippen LogP contribution in [0.5, 0.6) is 0 Å². The lowest BCUT2D eigenvalue weighted by atomic mass is 9.68. The molecule has 5 unspecified atom stereocenters. The number of alkyl carbamates (subject to hydrolysis) is 2. The number of epoxide rings is 2. The summed E-state index contributed by atoms with van der Waals surface area (Å²) in [6.45, 7) is 11.9. The molecule has 0 aromatic heterocycles. The van der Waals surface area contributed by atoms with Crippen LogP contribution in [0.25, 0.3) is 0 Å². The van der Waals surface area contributed by atoms with Gasteiger partial charge < -0.3 is 45.4 Å². The number of nitrogens with two attached hydrogens (primary N) is 1. The number of hydrogen-bond donors (Lipinski definition) is 4. The van der Waals surface area contributed by atoms with Crippen LogP contribution >= 0.6 is 0 Å². The molecule has 1 saturated carbocycles. The Morgan fingerprint density at radius 1 is 1.07 bits per heavy atom. The SMILES string of the molecule is COC1C(OC(=O)N[C@@H](COC(=O)NCCCCCCNC(=O)CN)C(C)C)CCC2(CO2)C1[C@]1(C)OC1CC=C(C)C. The Morgan fingerprint density at radius 3 is 2.33 bits per heavy atom. The number of hydrogen-bond acceptors (Lipinski definition) is 9. The molecule has 246 valence electrons. The number of carbonyl (C=O) groups excluding carboxylic acids is 3. The van der Waals surface area contributed by atoms with Gasteiger partial charge in [0.1, 0.15) is 30.0 Å². The number of rotatable bonds is 17. The molecule has 3 rings (SSSR count). The Kier molecular flexibility index (Phi) is 13.1. The summed E-state index contributed by atoms with van der Waals surface area (Å²) in [5.74, 6) is -0.204. The van der Waals surface area contributed by atoms with Crippen LogP contribution in [0.1, 0.15) is 79.6 Å². The maximum atomic E-state index is 13.1. The van der Waals surface area contributed by atoms with Crippen molar-refractivity contribution in [2.45, 2.75) is 115 Å². The number of nitrogens with one attached hydrogen (secondary N) is 3. The Morgan fingerprint density at radius 2 is 1.74 bits per heavy atom. The topological polar surface area (TPSA) is 166 Å². The smallest absolute Gasteiger partial charge is 0.407 e. The maximum absolute atomic E-state index is 13.1. The normalized spacial score (nSPS) is 29.9. The highest BCUT2D eigenvalue weighted by molar-refractivity contribution is 5.77. The Hall–Kier alpha value is -2.41. The zero-order chi connectivity index (χ0) is 31.6. The van der Waals surface area contributed by atoms with Crippen molar-refractivity contribution in [1.29, 1.82) is 0 Å². The number of amides is 3. The highest BCUT2D eigenvalue weighted by atomic mass is 16.6. The summed E-state index contributed by atoms with van der Waals surface area (Å²) in [5.41, 5.74) is 5.80. The average molecular weight is 611 g/mol. The van der Waals surface area contributed by atoms with E-state index in [2.05, 4.69) is 42.8 Å². The zero-order valence-electron chi connectivity index (χ0n) is 26.9. The summed E-state index contributed by atoms with van der Waals surface area (Å²) in [4.78, 5) is 36.4. The molecule has 1 aliphatic carbocycles. The van der Waals surface area contributed by atoms with E-state index in [0.29, 0.717) is 26.1 Å². The number of allylic oxidation sites excluding steroid dienone is 1. The molecule has 12 nitrogen and oxygen atoms in total. The quantitative estimate of drug-likeness (QED) is 0.110. The Bertz CT molecular complexity index is 967. The van der Waals surface area contributed by atoms with Crippen LogP contribution in [0.4, 0.5) is 9.59 Å². The molecule has 0 radical (unpaired) electrons. The second-order valence-corrected chi connectivity index (χ2v) is 12.8. The Labute approximate surface area is 256 Å². The molecule has 2 saturated heterocycles.